The number of aryl methyl sites for hydroxylation is 2. The zero-order valence-electron chi connectivity index (χ0n) is 12.2. The minimum atomic E-state index is -0.267. The molecule has 1 aromatic heterocycles. The molecule has 1 atom stereocenters. The van der Waals surface area contributed by atoms with E-state index in [-0.39, 0.29) is 11.9 Å². The molecule has 1 aliphatic rings. The van der Waals surface area contributed by atoms with Crippen molar-refractivity contribution in [2.24, 2.45) is 7.05 Å². The maximum absolute atomic E-state index is 12.3. The van der Waals surface area contributed by atoms with Crippen molar-refractivity contribution in [3.05, 3.63) is 41.7 Å². The van der Waals surface area contributed by atoms with Gasteiger partial charge in [-0.2, -0.15) is 5.10 Å². The Morgan fingerprint density at radius 3 is 2.90 bits per heavy atom. The van der Waals surface area contributed by atoms with Gasteiger partial charge in [0.05, 0.1) is 17.1 Å². The number of fused-ring (bicyclic) bond motifs is 1. The zero-order valence-corrected chi connectivity index (χ0v) is 12.2. The lowest BCUT2D eigenvalue weighted by Crippen LogP contribution is -2.45. The fraction of sp³-hybridized carbons (Fsp3) is 0.333. The van der Waals surface area contributed by atoms with E-state index in [4.69, 9.17) is 0 Å². The zero-order chi connectivity index (χ0) is 14.8. The Morgan fingerprint density at radius 1 is 1.43 bits per heavy atom. The highest BCUT2D eigenvalue weighted by Gasteiger charge is 2.23. The number of carbonyl (C=O) groups is 1. The summed E-state index contributed by atoms with van der Waals surface area (Å²) in [5.74, 6) is -0.0137. The second kappa shape index (κ2) is 5.47. The first-order valence-corrected chi connectivity index (χ1v) is 7.00. The fourth-order valence-electron chi connectivity index (χ4n) is 2.50. The molecule has 0 aliphatic carbocycles. The number of benzene rings is 1. The monoisotopic (exact) mass is 285 g/mol. The quantitative estimate of drug-likeness (QED) is 0.794. The molecule has 1 unspecified atom stereocenters. The van der Waals surface area contributed by atoms with Crippen LogP contribution in [0.4, 0.5) is 11.4 Å². The van der Waals surface area contributed by atoms with Crippen molar-refractivity contribution in [2.75, 3.05) is 17.2 Å². The summed E-state index contributed by atoms with van der Waals surface area (Å²) in [7, 11) is 1.88. The molecule has 2 heterocycles. The molecule has 0 spiro atoms. The Bertz CT molecular complexity index is 664. The number of nitrogens with one attached hydrogen (secondary N) is 3. The van der Waals surface area contributed by atoms with Gasteiger partial charge in [0.1, 0.15) is 6.04 Å². The Hall–Kier alpha value is -2.50. The largest absolute Gasteiger partial charge is 0.381 e. The van der Waals surface area contributed by atoms with Gasteiger partial charge in [-0.3, -0.25) is 9.48 Å². The van der Waals surface area contributed by atoms with Crippen LogP contribution < -0.4 is 16.0 Å². The first-order valence-electron chi connectivity index (χ1n) is 7.00. The van der Waals surface area contributed by atoms with Crippen LogP contribution in [0.1, 0.15) is 11.3 Å². The van der Waals surface area contributed by atoms with Gasteiger partial charge in [-0.15, -0.1) is 0 Å². The molecule has 3 rings (SSSR count). The third-order valence-corrected chi connectivity index (χ3v) is 3.64. The molecule has 0 fully saturated rings. The number of nitrogens with zero attached hydrogens (tertiary/aromatic N) is 2. The predicted molar refractivity (Wildman–Crippen MR) is 82.1 cm³/mol. The SMILES string of the molecule is Cc1nn(C)cc1CNC(=O)C1CNc2ccccc2N1. The standard InChI is InChI=1S/C15H19N5O/c1-10-11(9-20(2)19-10)7-17-15(21)14-8-16-12-5-3-4-6-13(12)18-14/h3-6,9,14,16,18H,7-8H2,1-2H3,(H,17,21). The van der Waals surface area contributed by atoms with Gasteiger partial charge in [0.25, 0.3) is 0 Å². The number of carbonyl (C=O) groups excluding carboxylic acids is 1. The molecular formula is C15H19N5O. The van der Waals surface area contributed by atoms with Gasteiger partial charge < -0.3 is 16.0 Å². The summed E-state index contributed by atoms with van der Waals surface area (Å²) < 4.78 is 1.76. The van der Waals surface area contributed by atoms with Crippen LogP contribution >= 0.6 is 0 Å². The molecule has 0 saturated heterocycles. The lowest BCUT2D eigenvalue weighted by molar-refractivity contribution is -0.121. The summed E-state index contributed by atoms with van der Waals surface area (Å²) in [4.78, 5) is 12.3. The van der Waals surface area contributed by atoms with Gasteiger partial charge in [0.15, 0.2) is 0 Å². The number of hydrogen-bond acceptors (Lipinski definition) is 4. The summed E-state index contributed by atoms with van der Waals surface area (Å²) in [6, 6.07) is 7.62. The third kappa shape index (κ3) is 2.84. The summed E-state index contributed by atoms with van der Waals surface area (Å²) >= 11 is 0. The van der Waals surface area contributed by atoms with E-state index in [2.05, 4.69) is 21.0 Å². The molecular weight excluding hydrogens is 266 g/mol. The van der Waals surface area contributed by atoms with Gasteiger partial charge in [0.2, 0.25) is 5.91 Å². The highest BCUT2D eigenvalue weighted by Crippen LogP contribution is 2.25. The minimum absolute atomic E-state index is 0.0137. The molecule has 6 nitrogen and oxygen atoms in total. The van der Waals surface area contributed by atoms with Crippen molar-refractivity contribution in [2.45, 2.75) is 19.5 Å². The van der Waals surface area contributed by atoms with E-state index >= 15 is 0 Å². The second-order valence-corrected chi connectivity index (χ2v) is 5.25. The van der Waals surface area contributed by atoms with Crippen molar-refractivity contribution in [3.63, 3.8) is 0 Å². The Labute approximate surface area is 123 Å². The van der Waals surface area contributed by atoms with Gasteiger partial charge >= 0.3 is 0 Å². The van der Waals surface area contributed by atoms with E-state index in [9.17, 15) is 4.79 Å². The lowest BCUT2D eigenvalue weighted by Gasteiger charge is -2.27. The van der Waals surface area contributed by atoms with Crippen LogP contribution in [0.25, 0.3) is 0 Å². The molecule has 0 radical (unpaired) electrons. The van der Waals surface area contributed by atoms with Crippen molar-refractivity contribution >= 4 is 17.3 Å². The molecule has 110 valence electrons. The van der Waals surface area contributed by atoms with E-state index in [1.165, 1.54) is 0 Å². The molecule has 0 bridgehead atoms. The summed E-state index contributed by atoms with van der Waals surface area (Å²) in [5.41, 5.74) is 3.97. The molecule has 0 saturated carbocycles. The number of rotatable bonds is 3. The average molecular weight is 285 g/mol. The number of para-hydroxylation sites is 2. The van der Waals surface area contributed by atoms with Crippen LogP contribution in [0, 0.1) is 6.92 Å². The van der Waals surface area contributed by atoms with E-state index in [1.54, 1.807) is 4.68 Å². The molecule has 1 aliphatic heterocycles. The highest BCUT2D eigenvalue weighted by atomic mass is 16.2. The Kier molecular flexibility index (Phi) is 3.51. The van der Waals surface area contributed by atoms with Crippen LogP contribution in [0.15, 0.2) is 30.5 Å². The summed E-state index contributed by atoms with van der Waals surface area (Å²) in [6.07, 6.45) is 1.93. The van der Waals surface area contributed by atoms with E-state index in [1.807, 2.05) is 44.4 Å². The van der Waals surface area contributed by atoms with Crippen LogP contribution in [0.5, 0.6) is 0 Å². The third-order valence-electron chi connectivity index (χ3n) is 3.64. The minimum Gasteiger partial charge on any atom is -0.381 e. The maximum Gasteiger partial charge on any atom is 0.244 e. The number of hydrogen-bond donors (Lipinski definition) is 3. The number of amides is 1. The fourth-order valence-corrected chi connectivity index (χ4v) is 2.50. The Morgan fingerprint density at radius 2 is 2.19 bits per heavy atom. The second-order valence-electron chi connectivity index (χ2n) is 5.25. The first-order chi connectivity index (χ1) is 10.1. The van der Waals surface area contributed by atoms with Gasteiger partial charge in [0, 0.05) is 31.9 Å². The lowest BCUT2D eigenvalue weighted by atomic mass is 10.1. The number of aromatic nitrogens is 2. The van der Waals surface area contributed by atoms with Crippen molar-refractivity contribution in [1.29, 1.82) is 0 Å². The molecule has 3 N–H and O–H groups in total. The number of anilines is 2. The van der Waals surface area contributed by atoms with E-state index < -0.39 is 0 Å². The molecule has 1 amide bonds. The summed E-state index contributed by atoms with van der Waals surface area (Å²) in [5, 5.41) is 13.8. The van der Waals surface area contributed by atoms with E-state index in [0.717, 1.165) is 22.6 Å². The van der Waals surface area contributed by atoms with Crippen molar-refractivity contribution in [3.8, 4) is 0 Å². The van der Waals surface area contributed by atoms with Gasteiger partial charge in [-0.25, -0.2) is 0 Å². The van der Waals surface area contributed by atoms with Gasteiger partial charge in [-0.05, 0) is 19.1 Å². The smallest absolute Gasteiger partial charge is 0.244 e. The van der Waals surface area contributed by atoms with Crippen LogP contribution in [-0.4, -0.2) is 28.3 Å². The molecule has 6 heteroatoms. The Balaban J connectivity index is 1.61. The average Bonchev–Trinajstić information content (AvgIpc) is 2.82. The molecule has 2 aromatic rings. The molecule has 1 aromatic carbocycles. The summed E-state index contributed by atoms with van der Waals surface area (Å²) in [6.45, 7) is 3.02. The maximum atomic E-state index is 12.3. The van der Waals surface area contributed by atoms with Crippen LogP contribution in [0.3, 0.4) is 0 Å². The topological polar surface area (TPSA) is 71.0 Å². The highest BCUT2D eigenvalue weighted by molar-refractivity contribution is 5.88. The van der Waals surface area contributed by atoms with Crippen LogP contribution in [-0.2, 0) is 18.4 Å². The molecule has 21 heavy (non-hydrogen) atoms. The van der Waals surface area contributed by atoms with Crippen LogP contribution in [0.2, 0.25) is 0 Å². The first kappa shape index (κ1) is 13.5. The van der Waals surface area contributed by atoms with Crippen molar-refractivity contribution in [1.82, 2.24) is 15.1 Å². The van der Waals surface area contributed by atoms with Crippen molar-refractivity contribution < 1.29 is 4.79 Å². The van der Waals surface area contributed by atoms with Gasteiger partial charge in [-0.1, -0.05) is 12.1 Å². The normalized spacial score (nSPS) is 16.6. The predicted octanol–water partition coefficient (Wildman–Crippen LogP) is 1.25. The van der Waals surface area contributed by atoms with E-state index in [0.29, 0.717) is 13.1 Å².